The van der Waals surface area contributed by atoms with Gasteiger partial charge in [-0.15, -0.1) is 0 Å². The minimum atomic E-state index is 0.695. The molecule has 12 heavy (non-hydrogen) atoms. The first-order valence-electron chi connectivity index (χ1n) is 3.86. The van der Waals surface area contributed by atoms with E-state index in [9.17, 15) is 0 Å². The Kier molecular flexibility index (Phi) is 1.90. The Bertz CT molecular complexity index is 295. The van der Waals surface area contributed by atoms with Crippen LogP contribution in [-0.2, 0) is 6.54 Å². The number of benzene rings is 1. The fourth-order valence-corrected chi connectivity index (χ4v) is 1.11. The van der Waals surface area contributed by atoms with E-state index in [4.69, 9.17) is 4.74 Å². The average Bonchev–Trinajstić information content (AvgIpc) is 2.06. The summed E-state index contributed by atoms with van der Waals surface area (Å²) in [7, 11) is 0. The summed E-state index contributed by atoms with van der Waals surface area (Å²) in [5, 5.41) is 0. The number of nitrogens with zero attached hydrogens (tertiary/aromatic N) is 1. The highest BCUT2D eigenvalue weighted by atomic mass is 16.5. The molecule has 2 heteroatoms. The standard InChI is InChI=1S/C10H9NO/c1-2-5-10-9(4-1)8-11-6-3-7-12-10/h1-7H,8H2. The minimum absolute atomic E-state index is 0.695. The Morgan fingerprint density at radius 1 is 1.25 bits per heavy atom. The molecule has 0 atom stereocenters. The third kappa shape index (κ3) is 1.37. The number of aliphatic imine (C=N–C) groups is 1. The zero-order chi connectivity index (χ0) is 8.23. The second-order valence-corrected chi connectivity index (χ2v) is 2.54. The molecule has 0 N–H and O–H groups in total. The molecule has 0 amide bonds. The lowest BCUT2D eigenvalue weighted by Crippen LogP contribution is -1.92. The number of rotatable bonds is 0. The fourth-order valence-electron chi connectivity index (χ4n) is 1.11. The maximum absolute atomic E-state index is 5.36. The van der Waals surface area contributed by atoms with Crippen molar-refractivity contribution in [3.8, 4) is 5.75 Å². The van der Waals surface area contributed by atoms with Gasteiger partial charge in [0.1, 0.15) is 5.75 Å². The topological polar surface area (TPSA) is 21.6 Å². The van der Waals surface area contributed by atoms with Gasteiger partial charge in [-0.25, -0.2) is 0 Å². The third-order valence-corrected chi connectivity index (χ3v) is 1.70. The highest BCUT2D eigenvalue weighted by Gasteiger charge is 2.00. The molecule has 0 aromatic heterocycles. The predicted molar refractivity (Wildman–Crippen MR) is 48.4 cm³/mol. The average molecular weight is 159 g/mol. The maximum Gasteiger partial charge on any atom is 0.131 e. The number of hydrogen-bond acceptors (Lipinski definition) is 2. The van der Waals surface area contributed by atoms with Crippen molar-refractivity contribution in [1.82, 2.24) is 0 Å². The molecular formula is C10H9NO. The summed E-state index contributed by atoms with van der Waals surface area (Å²) in [6, 6.07) is 7.91. The van der Waals surface area contributed by atoms with E-state index in [2.05, 4.69) is 4.99 Å². The molecule has 0 spiro atoms. The van der Waals surface area contributed by atoms with E-state index in [-0.39, 0.29) is 0 Å². The molecule has 0 saturated heterocycles. The van der Waals surface area contributed by atoms with E-state index in [1.807, 2.05) is 24.3 Å². The minimum Gasteiger partial charge on any atom is -0.465 e. The van der Waals surface area contributed by atoms with Gasteiger partial charge in [0.05, 0.1) is 12.8 Å². The van der Waals surface area contributed by atoms with Crippen LogP contribution in [0, 0.1) is 0 Å². The van der Waals surface area contributed by atoms with Gasteiger partial charge in [0, 0.05) is 11.8 Å². The summed E-state index contributed by atoms with van der Waals surface area (Å²) in [5.41, 5.74) is 1.12. The van der Waals surface area contributed by atoms with E-state index >= 15 is 0 Å². The molecule has 0 unspecified atom stereocenters. The molecule has 0 saturated carbocycles. The summed E-state index contributed by atoms with van der Waals surface area (Å²) in [6.07, 6.45) is 5.17. The van der Waals surface area contributed by atoms with Crippen LogP contribution >= 0.6 is 0 Å². The van der Waals surface area contributed by atoms with Gasteiger partial charge in [-0.05, 0) is 12.1 Å². The van der Waals surface area contributed by atoms with Crippen LogP contribution < -0.4 is 4.74 Å². The van der Waals surface area contributed by atoms with Gasteiger partial charge in [-0.1, -0.05) is 18.2 Å². The Morgan fingerprint density at radius 2 is 2.17 bits per heavy atom. The van der Waals surface area contributed by atoms with Gasteiger partial charge < -0.3 is 4.74 Å². The second-order valence-electron chi connectivity index (χ2n) is 2.54. The van der Waals surface area contributed by atoms with Crippen molar-refractivity contribution < 1.29 is 4.74 Å². The number of allylic oxidation sites excluding steroid dienone is 1. The summed E-state index contributed by atoms with van der Waals surface area (Å²) in [4.78, 5) is 4.18. The first-order valence-corrected chi connectivity index (χ1v) is 3.86. The van der Waals surface area contributed by atoms with Crippen LogP contribution in [-0.4, -0.2) is 6.21 Å². The summed E-state index contributed by atoms with van der Waals surface area (Å²) < 4.78 is 5.36. The number of ether oxygens (including phenoxy) is 1. The Hall–Kier alpha value is -1.57. The van der Waals surface area contributed by atoms with Crippen LogP contribution in [0.2, 0.25) is 0 Å². The molecule has 1 heterocycles. The zero-order valence-electron chi connectivity index (χ0n) is 6.60. The lowest BCUT2D eigenvalue weighted by atomic mass is 10.2. The van der Waals surface area contributed by atoms with Crippen molar-refractivity contribution in [1.29, 1.82) is 0 Å². The van der Waals surface area contributed by atoms with Crippen molar-refractivity contribution in [3.63, 3.8) is 0 Å². The van der Waals surface area contributed by atoms with Crippen LogP contribution in [0.25, 0.3) is 0 Å². The molecular weight excluding hydrogens is 150 g/mol. The van der Waals surface area contributed by atoms with Gasteiger partial charge in [0.25, 0.3) is 0 Å². The van der Waals surface area contributed by atoms with E-state index < -0.39 is 0 Å². The molecule has 0 radical (unpaired) electrons. The monoisotopic (exact) mass is 159 g/mol. The summed E-state index contributed by atoms with van der Waals surface area (Å²) in [5.74, 6) is 0.894. The van der Waals surface area contributed by atoms with Crippen LogP contribution in [0.4, 0.5) is 0 Å². The lowest BCUT2D eigenvalue weighted by molar-refractivity contribution is 0.475. The highest BCUT2D eigenvalue weighted by Crippen LogP contribution is 2.19. The van der Waals surface area contributed by atoms with Crippen LogP contribution in [0.15, 0.2) is 41.6 Å². The normalized spacial score (nSPS) is 14.3. The molecule has 0 aliphatic carbocycles. The molecule has 0 bridgehead atoms. The van der Waals surface area contributed by atoms with Gasteiger partial charge in [0.15, 0.2) is 0 Å². The van der Waals surface area contributed by atoms with Crippen molar-refractivity contribution >= 4 is 6.21 Å². The maximum atomic E-state index is 5.36. The molecule has 1 aliphatic rings. The first kappa shape index (κ1) is 7.10. The Balaban J connectivity index is 2.40. The van der Waals surface area contributed by atoms with Crippen molar-refractivity contribution in [2.75, 3.05) is 0 Å². The highest BCUT2D eigenvalue weighted by molar-refractivity contribution is 5.71. The van der Waals surface area contributed by atoms with Crippen molar-refractivity contribution in [2.24, 2.45) is 4.99 Å². The first-order chi connectivity index (χ1) is 5.97. The van der Waals surface area contributed by atoms with Crippen LogP contribution in [0.1, 0.15) is 5.56 Å². The Morgan fingerprint density at radius 3 is 3.17 bits per heavy atom. The SMILES string of the molecule is C1=COc2ccccc2CN=C1. The smallest absolute Gasteiger partial charge is 0.131 e. The number of para-hydroxylation sites is 1. The van der Waals surface area contributed by atoms with E-state index in [0.717, 1.165) is 11.3 Å². The zero-order valence-corrected chi connectivity index (χ0v) is 6.60. The van der Waals surface area contributed by atoms with Gasteiger partial charge in [-0.3, -0.25) is 4.99 Å². The quantitative estimate of drug-likeness (QED) is 0.568. The number of hydrogen-bond donors (Lipinski definition) is 0. The van der Waals surface area contributed by atoms with Crippen molar-refractivity contribution in [3.05, 3.63) is 42.2 Å². The molecule has 1 aromatic rings. The van der Waals surface area contributed by atoms with E-state index in [1.165, 1.54) is 0 Å². The lowest BCUT2D eigenvalue weighted by Gasteiger charge is -2.06. The Labute approximate surface area is 71.2 Å². The van der Waals surface area contributed by atoms with Crippen LogP contribution in [0.5, 0.6) is 5.75 Å². The third-order valence-electron chi connectivity index (χ3n) is 1.70. The molecule has 0 fully saturated rings. The summed E-state index contributed by atoms with van der Waals surface area (Å²) >= 11 is 0. The second kappa shape index (κ2) is 3.22. The van der Waals surface area contributed by atoms with E-state index in [1.54, 1.807) is 18.6 Å². The van der Waals surface area contributed by atoms with E-state index in [0.29, 0.717) is 6.54 Å². The van der Waals surface area contributed by atoms with Gasteiger partial charge >= 0.3 is 0 Å². The summed E-state index contributed by atoms with van der Waals surface area (Å²) in [6.45, 7) is 0.695. The van der Waals surface area contributed by atoms with Crippen LogP contribution in [0.3, 0.4) is 0 Å². The molecule has 1 aromatic carbocycles. The molecule has 2 rings (SSSR count). The van der Waals surface area contributed by atoms with Gasteiger partial charge in [0.2, 0.25) is 0 Å². The molecule has 60 valence electrons. The largest absolute Gasteiger partial charge is 0.465 e. The predicted octanol–water partition coefficient (Wildman–Crippen LogP) is 2.16. The van der Waals surface area contributed by atoms with Gasteiger partial charge in [-0.2, -0.15) is 0 Å². The molecule has 2 nitrogen and oxygen atoms in total. The molecule has 1 aliphatic heterocycles. The van der Waals surface area contributed by atoms with Crippen molar-refractivity contribution in [2.45, 2.75) is 6.54 Å². The number of fused-ring (bicyclic) bond motifs is 1. The fraction of sp³-hybridized carbons (Fsp3) is 0.100.